The first-order chi connectivity index (χ1) is 9.27. The van der Waals surface area contributed by atoms with E-state index in [2.05, 4.69) is 20.3 Å². The van der Waals surface area contributed by atoms with Crippen LogP contribution in [0.1, 0.15) is 17.2 Å². The summed E-state index contributed by atoms with van der Waals surface area (Å²) in [6, 6.07) is 5.41. The molecule has 2 aromatic heterocycles. The van der Waals surface area contributed by atoms with E-state index in [1.165, 1.54) is 12.5 Å². The number of carbonyl (C=O) groups is 1. The molecule has 1 unspecified atom stereocenters. The number of hydrogen-bond donors (Lipinski definition) is 2. The van der Waals surface area contributed by atoms with Crippen LogP contribution in [0.3, 0.4) is 0 Å². The molecule has 0 saturated carbocycles. The highest BCUT2D eigenvalue weighted by Gasteiger charge is 2.31. The standard InChI is InChI=1S/C13H10N4O2/c18-13(19)9-6-16-12-8(5-14-7-17-12)11(9)10-3-1-2-4-15-10/h1-7,11H,(H,18,19)(H,14,16,17). The fourth-order valence-electron chi connectivity index (χ4n) is 2.12. The minimum atomic E-state index is -0.988. The van der Waals surface area contributed by atoms with Gasteiger partial charge in [-0.2, -0.15) is 0 Å². The van der Waals surface area contributed by atoms with E-state index in [1.807, 2.05) is 6.07 Å². The van der Waals surface area contributed by atoms with Crippen molar-refractivity contribution in [2.45, 2.75) is 5.92 Å². The van der Waals surface area contributed by atoms with Crippen molar-refractivity contribution in [3.05, 3.63) is 60.0 Å². The predicted molar refractivity (Wildman–Crippen MR) is 67.5 cm³/mol. The van der Waals surface area contributed by atoms with Crippen LogP contribution < -0.4 is 5.32 Å². The number of nitrogens with zero attached hydrogens (tertiary/aromatic N) is 3. The van der Waals surface area contributed by atoms with Gasteiger partial charge in [0.05, 0.1) is 17.2 Å². The Labute approximate surface area is 108 Å². The van der Waals surface area contributed by atoms with Crippen LogP contribution in [0.25, 0.3) is 0 Å². The monoisotopic (exact) mass is 254 g/mol. The van der Waals surface area contributed by atoms with E-state index >= 15 is 0 Å². The Hall–Kier alpha value is -2.76. The summed E-state index contributed by atoms with van der Waals surface area (Å²) in [6.45, 7) is 0. The molecular formula is C13H10N4O2. The highest BCUT2D eigenvalue weighted by Crippen LogP contribution is 2.36. The molecule has 3 heterocycles. The maximum absolute atomic E-state index is 11.4. The van der Waals surface area contributed by atoms with Crippen molar-refractivity contribution in [1.82, 2.24) is 15.0 Å². The van der Waals surface area contributed by atoms with E-state index in [4.69, 9.17) is 0 Å². The van der Waals surface area contributed by atoms with Crippen LogP contribution in [0.15, 0.2) is 48.7 Å². The van der Waals surface area contributed by atoms with E-state index in [-0.39, 0.29) is 5.57 Å². The number of carboxylic acids is 1. The second-order valence-corrected chi connectivity index (χ2v) is 4.06. The van der Waals surface area contributed by atoms with Crippen molar-refractivity contribution >= 4 is 11.8 Å². The number of pyridine rings is 1. The molecule has 0 bridgehead atoms. The number of hydrogen-bond acceptors (Lipinski definition) is 5. The van der Waals surface area contributed by atoms with E-state index in [0.717, 1.165) is 0 Å². The van der Waals surface area contributed by atoms with Gasteiger partial charge in [0.25, 0.3) is 0 Å². The first-order valence-corrected chi connectivity index (χ1v) is 5.68. The van der Waals surface area contributed by atoms with Crippen LogP contribution in [0.4, 0.5) is 5.82 Å². The van der Waals surface area contributed by atoms with E-state index in [9.17, 15) is 9.90 Å². The molecule has 3 rings (SSSR count). The second-order valence-electron chi connectivity index (χ2n) is 4.06. The summed E-state index contributed by atoms with van der Waals surface area (Å²) in [7, 11) is 0. The molecular weight excluding hydrogens is 244 g/mol. The second kappa shape index (κ2) is 4.49. The summed E-state index contributed by atoms with van der Waals surface area (Å²) < 4.78 is 0. The normalized spacial score (nSPS) is 17.1. The zero-order valence-corrected chi connectivity index (χ0v) is 9.82. The molecule has 0 aromatic carbocycles. The molecule has 0 saturated heterocycles. The number of nitrogens with one attached hydrogen (secondary N) is 1. The molecule has 2 N–H and O–H groups in total. The topological polar surface area (TPSA) is 88.0 Å². The van der Waals surface area contributed by atoms with E-state index < -0.39 is 11.9 Å². The maximum atomic E-state index is 11.4. The molecule has 1 aliphatic rings. The average molecular weight is 254 g/mol. The molecule has 0 fully saturated rings. The Balaban J connectivity index is 2.17. The van der Waals surface area contributed by atoms with Gasteiger partial charge < -0.3 is 10.4 Å². The number of aromatic nitrogens is 3. The fourth-order valence-corrected chi connectivity index (χ4v) is 2.12. The SMILES string of the molecule is O=C(O)C1=CNc2ncncc2C1c1ccccn1. The minimum absolute atomic E-state index is 0.223. The summed E-state index contributed by atoms with van der Waals surface area (Å²) in [5.41, 5.74) is 1.59. The number of anilines is 1. The third kappa shape index (κ3) is 1.93. The molecule has 6 nitrogen and oxygen atoms in total. The summed E-state index contributed by atoms with van der Waals surface area (Å²) in [4.78, 5) is 23.7. The fraction of sp³-hybridized carbons (Fsp3) is 0.0769. The largest absolute Gasteiger partial charge is 0.478 e. The highest BCUT2D eigenvalue weighted by molar-refractivity contribution is 5.91. The third-order valence-corrected chi connectivity index (χ3v) is 2.96. The lowest BCUT2D eigenvalue weighted by molar-refractivity contribution is -0.132. The molecule has 0 radical (unpaired) electrons. The van der Waals surface area contributed by atoms with Crippen molar-refractivity contribution < 1.29 is 9.90 Å². The number of aliphatic carboxylic acids is 1. The van der Waals surface area contributed by atoms with Crippen LogP contribution in [0.5, 0.6) is 0 Å². The number of carboxylic acid groups (broad SMARTS) is 1. The van der Waals surface area contributed by atoms with Crippen molar-refractivity contribution in [3.63, 3.8) is 0 Å². The molecule has 1 aliphatic heterocycles. The first-order valence-electron chi connectivity index (χ1n) is 5.68. The van der Waals surface area contributed by atoms with Gasteiger partial charge in [-0.3, -0.25) is 4.98 Å². The molecule has 94 valence electrons. The predicted octanol–water partition coefficient (Wildman–Crippen LogP) is 1.40. The zero-order chi connectivity index (χ0) is 13.2. The third-order valence-electron chi connectivity index (χ3n) is 2.96. The van der Waals surface area contributed by atoms with Crippen LogP contribution in [-0.2, 0) is 4.79 Å². The highest BCUT2D eigenvalue weighted by atomic mass is 16.4. The molecule has 0 amide bonds. The van der Waals surface area contributed by atoms with E-state index in [0.29, 0.717) is 17.1 Å². The van der Waals surface area contributed by atoms with Crippen LogP contribution in [0, 0.1) is 0 Å². The molecule has 0 spiro atoms. The van der Waals surface area contributed by atoms with Gasteiger partial charge in [-0.25, -0.2) is 14.8 Å². The Bertz CT molecular complexity index is 655. The quantitative estimate of drug-likeness (QED) is 0.842. The van der Waals surface area contributed by atoms with Crippen molar-refractivity contribution in [2.75, 3.05) is 5.32 Å². The molecule has 19 heavy (non-hydrogen) atoms. The van der Waals surface area contributed by atoms with Gasteiger partial charge >= 0.3 is 5.97 Å². The maximum Gasteiger partial charge on any atom is 0.334 e. The first kappa shape index (κ1) is 11.3. The van der Waals surface area contributed by atoms with Crippen LogP contribution in [-0.4, -0.2) is 26.0 Å². The van der Waals surface area contributed by atoms with Gasteiger partial charge in [-0.15, -0.1) is 0 Å². The summed E-state index contributed by atoms with van der Waals surface area (Å²) >= 11 is 0. The lowest BCUT2D eigenvalue weighted by Crippen LogP contribution is -2.21. The Morgan fingerprint density at radius 1 is 1.32 bits per heavy atom. The zero-order valence-electron chi connectivity index (χ0n) is 9.82. The van der Waals surface area contributed by atoms with Crippen LogP contribution in [0.2, 0.25) is 0 Å². The summed E-state index contributed by atoms with van der Waals surface area (Å²) in [6.07, 6.45) is 6.13. The number of fused-ring (bicyclic) bond motifs is 1. The van der Waals surface area contributed by atoms with Gasteiger partial charge in [-0.1, -0.05) is 6.07 Å². The smallest absolute Gasteiger partial charge is 0.334 e. The van der Waals surface area contributed by atoms with Gasteiger partial charge in [0, 0.05) is 24.2 Å². The Morgan fingerprint density at radius 3 is 2.95 bits per heavy atom. The van der Waals surface area contributed by atoms with Crippen molar-refractivity contribution in [3.8, 4) is 0 Å². The lowest BCUT2D eigenvalue weighted by Gasteiger charge is -2.23. The minimum Gasteiger partial charge on any atom is -0.478 e. The summed E-state index contributed by atoms with van der Waals surface area (Å²) in [5.74, 6) is -0.843. The Morgan fingerprint density at radius 2 is 2.21 bits per heavy atom. The van der Waals surface area contributed by atoms with Gasteiger partial charge in [0.1, 0.15) is 12.1 Å². The number of rotatable bonds is 2. The van der Waals surface area contributed by atoms with Gasteiger partial charge in [-0.05, 0) is 12.1 Å². The average Bonchev–Trinajstić information content (AvgIpc) is 2.46. The Kier molecular flexibility index (Phi) is 2.68. The van der Waals surface area contributed by atoms with Gasteiger partial charge in [0.2, 0.25) is 0 Å². The molecule has 1 atom stereocenters. The lowest BCUT2D eigenvalue weighted by atomic mass is 9.87. The molecule has 2 aromatic rings. The van der Waals surface area contributed by atoms with Crippen molar-refractivity contribution in [2.24, 2.45) is 0 Å². The van der Waals surface area contributed by atoms with Crippen molar-refractivity contribution in [1.29, 1.82) is 0 Å². The molecule has 0 aliphatic carbocycles. The van der Waals surface area contributed by atoms with Crippen LogP contribution >= 0.6 is 0 Å². The van der Waals surface area contributed by atoms with E-state index in [1.54, 1.807) is 24.5 Å². The molecule has 6 heteroatoms. The van der Waals surface area contributed by atoms with Gasteiger partial charge in [0.15, 0.2) is 0 Å². The summed E-state index contributed by atoms with van der Waals surface area (Å²) in [5, 5.41) is 12.2.